The highest BCUT2D eigenvalue weighted by Gasteiger charge is 2.47. The molecule has 39 heavy (non-hydrogen) atoms. The fourth-order valence-corrected chi connectivity index (χ4v) is 8.01. The molecule has 0 saturated carbocycles. The molecule has 1 saturated heterocycles. The maximum atomic E-state index is 13.7. The van der Waals surface area contributed by atoms with Crippen molar-refractivity contribution < 1.29 is 41.7 Å². The highest BCUT2D eigenvalue weighted by atomic mass is 32.2. The number of hydrogen-bond acceptors (Lipinski definition) is 10. The lowest BCUT2D eigenvalue weighted by Gasteiger charge is -2.37. The van der Waals surface area contributed by atoms with E-state index in [0.29, 0.717) is 52.1 Å². The number of para-hydroxylation sites is 1. The van der Waals surface area contributed by atoms with E-state index in [1.165, 1.54) is 24.5 Å². The molecule has 1 aromatic carbocycles. The van der Waals surface area contributed by atoms with Crippen molar-refractivity contribution in [1.82, 2.24) is 9.29 Å². The minimum absolute atomic E-state index is 0.0970. The van der Waals surface area contributed by atoms with Gasteiger partial charge in [0.05, 0.1) is 30.8 Å². The number of thiophene rings is 1. The van der Waals surface area contributed by atoms with Gasteiger partial charge in [0.25, 0.3) is 10.0 Å². The summed E-state index contributed by atoms with van der Waals surface area (Å²) in [5, 5.41) is 9.61. The Morgan fingerprint density at radius 2 is 2.03 bits per heavy atom. The molecule has 0 unspecified atom stereocenters. The van der Waals surface area contributed by atoms with Gasteiger partial charge >= 0.3 is 12.0 Å². The summed E-state index contributed by atoms with van der Waals surface area (Å²) in [6.07, 6.45) is 3.20. The third kappa shape index (κ3) is 5.12. The average molecular weight is 578 g/mol. The first kappa shape index (κ1) is 27.1. The van der Waals surface area contributed by atoms with Crippen LogP contribution in [0.5, 0.6) is 5.75 Å². The molecule has 3 aromatic rings. The van der Waals surface area contributed by atoms with Crippen molar-refractivity contribution in [3.8, 4) is 16.5 Å². The first-order chi connectivity index (χ1) is 18.7. The Hall–Kier alpha value is -3.46. The number of fused-ring (bicyclic) bond motifs is 1. The maximum absolute atomic E-state index is 13.7. The Balaban J connectivity index is 1.63. The van der Waals surface area contributed by atoms with Gasteiger partial charge in [-0.25, -0.2) is 22.5 Å². The van der Waals surface area contributed by atoms with Crippen LogP contribution in [0.4, 0.5) is 9.80 Å². The first-order valence-electron chi connectivity index (χ1n) is 12.2. The van der Waals surface area contributed by atoms with E-state index >= 15 is 0 Å². The zero-order valence-electron chi connectivity index (χ0n) is 21.2. The number of amides is 2. The van der Waals surface area contributed by atoms with Crippen LogP contribution in [-0.4, -0.2) is 74.3 Å². The topological polar surface area (TPSA) is 149 Å². The van der Waals surface area contributed by atoms with Crippen LogP contribution in [0.1, 0.15) is 30.1 Å². The second-order valence-corrected chi connectivity index (χ2v) is 11.8. The lowest BCUT2D eigenvalue weighted by atomic mass is 10.1. The first-order valence-corrected chi connectivity index (χ1v) is 14.4. The summed E-state index contributed by atoms with van der Waals surface area (Å²) in [5.41, 5.74) is 0.977. The number of hydrogen-bond donors (Lipinski definition) is 1. The van der Waals surface area contributed by atoms with Crippen LogP contribution in [0.25, 0.3) is 10.8 Å². The fraction of sp³-hybridized carbons (Fsp3) is 0.400. The van der Waals surface area contributed by atoms with Gasteiger partial charge < -0.3 is 23.7 Å². The molecule has 1 N–H and O–H groups in total. The lowest BCUT2D eigenvalue weighted by molar-refractivity contribution is -0.136. The Morgan fingerprint density at radius 3 is 2.69 bits per heavy atom. The predicted molar refractivity (Wildman–Crippen MR) is 139 cm³/mol. The number of sulfonamides is 1. The molecule has 0 radical (unpaired) electrons. The molecule has 14 heteroatoms. The highest BCUT2D eigenvalue weighted by molar-refractivity contribution is 7.90. The average Bonchev–Trinajstić information content (AvgIpc) is 3.57. The summed E-state index contributed by atoms with van der Waals surface area (Å²) < 4.78 is 50.5. The molecular weight excluding hydrogens is 550 g/mol. The molecular formula is C25H27N3O9S2. The van der Waals surface area contributed by atoms with Crippen LogP contribution in [0.3, 0.4) is 0 Å². The molecule has 0 aliphatic carbocycles. The van der Waals surface area contributed by atoms with Crippen LogP contribution in [0.15, 0.2) is 46.0 Å². The molecule has 208 valence electrons. The Morgan fingerprint density at radius 1 is 1.28 bits per heavy atom. The smallest absolute Gasteiger partial charge is 0.339 e. The van der Waals surface area contributed by atoms with Crippen molar-refractivity contribution in [3.63, 3.8) is 0 Å². The number of aliphatic carboxylic acids is 1. The Kier molecular flexibility index (Phi) is 7.62. The molecule has 2 aliphatic rings. The minimum Gasteiger partial charge on any atom is -0.496 e. The van der Waals surface area contributed by atoms with Crippen molar-refractivity contribution in [2.75, 3.05) is 38.3 Å². The van der Waals surface area contributed by atoms with Crippen molar-refractivity contribution in [3.05, 3.63) is 47.9 Å². The quantitative estimate of drug-likeness (QED) is 0.399. The van der Waals surface area contributed by atoms with Crippen LogP contribution in [0, 0.1) is 6.92 Å². The summed E-state index contributed by atoms with van der Waals surface area (Å²) in [4.78, 5) is 31.0. The number of urea groups is 1. The van der Waals surface area contributed by atoms with Crippen LogP contribution >= 0.6 is 11.3 Å². The molecule has 2 amide bonds. The number of aromatic nitrogens is 1. The highest BCUT2D eigenvalue weighted by Crippen LogP contribution is 2.48. The van der Waals surface area contributed by atoms with Gasteiger partial charge in [-0.1, -0.05) is 18.2 Å². The van der Waals surface area contributed by atoms with Crippen LogP contribution < -0.4 is 9.64 Å². The number of nitrogens with zero attached hydrogens (tertiary/aromatic N) is 3. The molecule has 2 aliphatic heterocycles. The monoisotopic (exact) mass is 577 g/mol. The maximum Gasteiger partial charge on any atom is 0.339 e. The summed E-state index contributed by atoms with van der Waals surface area (Å²) in [7, 11) is -2.95. The molecule has 12 nitrogen and oxygen atoms in total. The van der Waals surface area contributed by atoms with Gasteiger partial charge in [0.2, 0.25) is 5.89 Å². The normalized spacial score (nSPS) is 18.2. The number of carboxylic acid groups (broad SMARTS) is 1. The second-order valence-electron chi connectivity index (χ2n) is 9.00. The lowest BCUT2D eigenvalue weighted by Crippen LogP contribution is -2.53. The third-order valence-electron chi connectivity index (χ3n) is 6.58. The van der Waals surface area contributed by atoms with Crippen LogP contribution in [0.2, 0.25) is 0 Å². The number of rotatable bonds is 9. The minimum atomic E-state index is -4.48. The zero-order valence-corrected chi connectivity index (χ0v) is 22.9. The number of ether oxygens (including phenoxy) is 3. The SMILES string of the molecule is COc1ccccc1[C@H](CN1C(=O)N(CC(=O)O)S(=O)(=O)c2c1sc(-c1ncco1)c2C)OC1CCOCC1. The number of methoxy groups -OCH3 is 1. The number of benzene rings is 1. The molecule has 1 atom stereocenters. The van der Waals surface area contributed by atoms with E-state index in [2.05, 4.69) is 4.98 Å². The van der Waals surface area contributed by atoms with E-state index in [9.17, 15) is 23.1 Å². The molecule has 0 spiro atoms. The summed E-state index contributed by atoms with van der Waals surface area (Å²) in [6, 6.07) is 6.24. The number of carbonyl (C=O) groups is 2. The standard InChI is InChI=1S/C25H27N3O9S2/c1-15-21(23-26-9-12-36-23)38-24-22(15)39(32,33)28(14-20(29)30)25(31)27(24)13-19(37-16-7-10-35-11-8-16)17-5-3-4-6-18(17)34-2/h3-6,9,12,16,19H,7-8,10-11,13-14H2,1-2H3,(H,29,30)/t19-/m0/s1. The van der Waals surface area contributed by atoms with Crippen molar-refractivity contribution in [2.24, 2.45) is 0 Å². The van der Waals surface area contributed by atoms with Gasteiger partial charge in [0.15, 0.2) is 0 Å². The van der Waals surface area contributed by atoms with E-state index in [1.807, 2.05) is 18.2 Å². The summed E-state index contributed by atoms with van der Waals surface area (Å²) >= 11 is 1.04. The fourth-order valence-electron chi connectivity index (χ4n) is 4.73. The summed E-state index contributed by atoms with van der Waals surface area (Å²) in [6.45, 7) is 1.52. The van der Waals surface area contributed by atoms with E-state index in [-0.39, 0.29) is 28.4 Å². The Labute approximate surface area is 228 Å². The van der Waals surface area contributed by atoms with Crippen molar-refractivity contribution in [2.45, 2.75) is 36.9 Å². The molecule has 1 fully saturated rings. The zero-order chi connectivity index (χ0) is 27.7. The number of carbonyl (C=O) groups excluding carboxylic acids is 1. The number of oxazole rings is 1. The van der Waals surface area contributed by atoms with Gasteiger partial charge in [-0.2, -0.15) is 0 Å². The summed E-state index contributed by atoms with van der Waals surface area (Å²) in [5.74, 6) is -0.730. The molecule has 4 heterocycles. The van der Waals surface area contributed by atoms with Crippen LogP contribution in [-0.2, 0) is 24.3 Å². The van der Waals surface area contributed by atoms with E-state index in [4.69, 9.17) is 18.6 Å². The van der Waals surface area contributed by atoms with Gasteiger partial charge in [-0.15, -0.1) is 11.3 Å². The largest absolute Gasteiger partial charge is 0.496 e. The van der Waals surface area contributed by atoms with E-state index in [0.717, 1.165) is 11.3 Å². The van der Waals surface area contributed by atoms with Crippen molar-refractivity contribution in [1.29, 1.82) is 0 Å². The van der Waals surface area contributed by atoms with Gasteiger partial charge in [-0.3, -0.25) is 9.69 Å². The van der Waals surface area contributed by atoms with Gasteiger partial charge in [0, 0.05) is 18.8 Å². The molecule has 5 rings (SSSR count). The molecule has 0 bridgehead atoms. The van der Waals surface area contributed by atoms with Gasteiger partial charge in [0.1, 0.15) is 34.6 Å². The number of carboxylic acids is 1. The second kappa shape index (κ2) is 11.0. The predicted octanol–water partition coefficient (Wildman–Crippen LogP) is 3.67. The Bertz CT molecular complexity index is 1460. The third-order valence-corrected chi connectivity index (χ3v) is 9.89. The van der Waals surface area contributed by atoms with Crippen molar-refractivity contribution >= 4 is 38.4 Å². The number of anilines is 1. The molecule has 2 aromatic heterocycles. The van der Waals surface area contributed by atoms with Gasteiger partial charge in [-0.05, 0) is 31.4 Å². The van der Waals surface area contributed by atoms with E-state index in [1.54, 1.807) is 13.0 Å². The van der Waals surface area contributed by atoms with E-state index < -0.39 is 34.7 Å².